The predicted octanol–water partition coefficient (Wildman–Crippen LogP) is 3.97. The number of anilines is 2. The van der Waals surface area contributed by atoms with Gasteiger partial charge in [-0.15, -0.1) is 0 Å². The van der Waals surface area contributed by atoms with Crippen molar-refractivity contribution in [1.82, 2.24) is 0 Å². The molecule has 0 bridgehead atoms. The lowest BCUT2D eigenvalue weighted by Gasteiger charge is -2.12. The molecule has 6 heteroatoms. The van der Waals surface area contributed by atoms with Crippen LogP contribution in [0.3, 0.4) is 0 Å². The highest BCUT2D eigenvalue weighted by Gasteiger charge is 2.16. The first-order valence-corrected chi connectivity index (χ1v) is 9.48. The molecular weight excluding hydrogens is 380 g/mol. The minimum atomic E-state index is -0.689. The molecule has 0 unspecified atom stereocenters. The summed E-state index contributed by atoms with van der Waals surface area (Å²) in [5.41, 5.74) is 2.95. The van der Waals surface area contributed by atoms with Crippen LogP contribution in [-0.4, -0.2) is 24.4 Å². The van der Waals surface area contributed by atoms with E-state index in [2.05, 4.69) is 10.6 Å². The van der Waals surface area contributed by atoms with Crippen LogP contribution in [0.4, 0.5) is 11.4 Å². The third kappa shape index (κ3) is 5.78. The number of carbonyl (C=O) groups is 3. The summed E-state index contributed by atoms with van der Waals surface area (Å²) in [5, 5.41) is 5.44. The zero-order valence-corrected chi connectivity index (χ0v) is 16.6. The van der Waals surface area contributed by atoms with Crippen molar-refractivity contribution in [2.45, 2.75) is 13.3 Å². The summed E-state index contributed by atoms with van der Waals surface area (Å²) < 4.78 is 5.14. The van der Waals surface area contributed by atoms with Crippen molar-refractivity contribution in [3.8, 4) is 0 Å². The molecule has 0 aliphatic carbocycles. The van der Waals surface area contributed by atoms with Gasteiger partial charge in [0.05, 0.1) is 17.7 Å². The molecule has 0 heterocycles. The Morgan fingerprint density at radius 2 is 1.33 bits per heavy atom. The van der Waals surface area contributed by atoms with Gasteiger partial charge >= 0.3 is 5.97 Å². The second-order valence-electron chi connectivity index (χ2n) is 6.70. The number of para-hydroxylation sites is 2. The highest BCUT2D eigenvalue weighted by molar-refractivity contribution is 6.02. The molecule has 2 N–H and O–H groups in total. The SMILES string of the molecule is Cc1ccccc1NC(=O)COC(=O)c1ccccc1NC(=O)Cc1ccccc1. The quantitative estimate of drug-likeness (QED) is 0.586. The van der Waals surface area contributed by atoms with Crippen molar-refractivity contribution in [1.29, 1.82) is 0 Å². The normalized spacial score (nSPS) is 10.2. The molecule has 0 aliphatic rings. The second kappa shape index (κ2) is 10.0. The Kier molecular flexibility index (Phi) is 6.95. The van der Waals surface area contributed by atoms with Crippen molar-refractivity contribution in [2.75, 3.05) is 17.2 Å². The van der Waals surface area contributed by atoms with Crippen molar-refractivity contribution in [3.05, 3.63) is 95.6 Å². The Morgan fingerprint density at radius 1 is 0.733 bits per heavy atom. The summed E-state index contributed by atoms with van der Waals surface area (Å²) in [6.07, 6.45) is 0.184. The second-order valence-corrected chi connectivity index (χ2v) is 6.70. The third-order valence-electron chi connectivity index (χ3n) is 4.38. The van der Waals surface area contributed by atoms with E-state index in [-0.39, 0.29) is 17.9 Å². The summed E-state index contributed by atoms with van der Waals surface area (Å²) in [4.78, 5) is 36.9. The van der Waals surface area contributed by atoms with Gasteiger partial charge in [-0.1, -0.05) is 60.7 Å². The van der Waals surface area contributed by atoms with Crippen molar-refractivity contribution >= 4 is 29.2 Å². The molecule has 152 valence electrons. The molecule has 3 rings (SSSR count). The molecule has 30 heavy (non-hydrogen) atoms. The van der Waals surface area contributed by atoms with Crippen LogP contribution in [-0.2, 0) is 20.7 Å². The van der Waals surface area contributed by atoms with E-state index in [1.807, 2.05) is 55.5 Å². The van der Waals surface area contributed by atoms with E-state index in [1.165, 1.54) is 0 Å². The highest BCUT2D eigenvalue weighted by Crippen LogP contribution is 2.17. The van der Waals surface area contributed by atoms with Crippen LogP contribution in [0.15, 0.2) is 78.9 Å². The Labute approximate surface area is 174 Å². The Hall–Kier alpha value is -3.93. The van der Waals surface area contributed by atoms with Crippen LogP contribution < -0.4 is 10.6 Å². The standard InChI is InChI=1S/C24H22N2O4/c1-17-9-5-7-13-20(17)25-23(28)16-30-24(29)19-12-6-8-14-21(19)26-22(27)15-18-10-3-2-4-11-18/h2-14H,15-16H2,1H3,(H,25,28)(H,26,27). The molecule has 0 atom stereocenters. The zero-order valence-electron chi connectivity index (χ0n) is 16.6. The minimum absolute atomic E-state index is 0.183. The number of hydrogen-bond acceptors (Lipinski definition) is 4. The molecule has 0 saturated heterocycles. The van der Waals surface area contributed by atoms with Crippen molar-refractivity contribution < 1.29 is 19.1 Å². The van der Waals surface area contributed by atoms with Crippen LogP contribution in [0, 0.1) is 6.92 Å². The molecule has 2 amide bonds. The zero-order chi connectivity index (χ0) is 21.3. The molecule has 0 fully saturated rings. The number of carbonyl (C=O) groups excluding carboxylic acids is 3. The fourth-order valence-corrected chi connectivity index (χ4v) is 2.85. The first-order chi connectivity index (χ1) is 14.5. The summed E-state index contributed by atoms with van der Waals surface area (Å²) in [7, 11) is 0. The summed E-state index contributed by atoms with van der Waals surface area (Å²) >= 11 is 0. The average molecular weight is 402 g/mol. The van der Waals surface area contributed by atoms with E-state index in [1.54, 1.807) is 30.3 Å². The first kappa shape index (κ1) is 20.8. The van der Waals surface area contributed by atoms with Gasteiger partial charge in [0.2, 0.25) is 5.91 Å². The van der Waals surface area contributed by atoms with Gasteiger partial charge in [-0.2, -0.15) is 0 Å². The number of rotatable bonds is 7. The number of esters is 1. The molecule has 0 spiro atoms. The van der Waals surface area contributed by atoms with Gasteiger partial charge in [-0.3, -0.25) is 9.59 Å². The van der Waals surface area contributed by atoms with Gasteiger partial charge in [0, 0.05) is 5.69 Å². The van der Waals surface area contributed by atoms with E-state index >= 15 is 0 Å². The van der Waals surface area contributed by atoms with Gasteiger partial charge in [0.25, 0.3) is 5.91 Å². The molecule has 0 aliphatic heterocycles. The number of hydrogen-bond donors (Lipinski definition) is 2. The lowest BCUT2D eigenvalue weighted by atomic mass is 10.1. The maximum atomic E-state index is 12.5. The van der Waals surface area contributed by atoms with E-state index in [0.717, 1.165) is 11.1 Å². The van der Waals surface area contributed by atoms with Gasteiger partial charge in [-0.05, 0) is 36.2 Å². The van der Waals surface area contributed by atoms with E-state index in [9.17, 15) is 14.4 Å². The molecule has 3 aromatic carbocycles. The molecule has 3 aromatic rings. The van der Waals surface area contributed by atoms with E-state index < -0.39 is 18.5 Å². The minimum Gasteiger partial charge on any atom is -0.452 e. The lowest BCUT2D eigenvalue weighted by Crippen LogP contribution is -2.22. The molecule has 0 radical (unpaired) electrons. The van der Waals surface area contributed by atoms with Crippen LogP contribution in [0.25, 0.3) is 0 Å². The van der Waals surface area contributed by atoms with E-state index in [4.69, 9.17) is 4.74 Å². The Morgan fingerprint density at radius 3 is 2.07 bits per heavy atom. The number of amides is 2. The fourth-order valence-electron chi connectivity index (χ4n) is 2.85. The molecule has 0 saturated carbocycles. The number of benzene rings is 3. The maximum Gasteiger partial charge on any atom is 0.340 e. The summed E-state index contributed by atoms with van der Waals surface area (Å²) in [5.74, 6) is -1.38. The van der Waals surface area contributed by atoms with Crippen LogP contribution in [0.5, 0.6) is 0 Å². The fraction of sp³-hybridized carbons (Fsp3) is 0.125. The number of aryl methyl sites for hydroxylation is 1. The molecule has 0 aromatic heterocycles. The number of ether oxygens (including phenoxy) is 1. The highest BCUT2D eigenvalue weighted by atomic mass is 16.5. The molecular formula is C24H22N2O4. The largest absolute Gasteiger partial charge is 0.452 e. The monoisotopic (exact) mass is 402 g/mol. The van der Waals surface area contributed by atoms with Crippen LogP contribution in [0.2, 0.25) is 0 Å². The van der Waals surface area contributed by atoms with Crippen LogP contribution >= 0.6 is 0 Å². The van der Waals surface area contributed by atoms with Crippen LogP contribution in [0.1, 0.15) is 21.5 Å². The lowest BCUT2D eigenvalue weighted by molar-refractivity contribution is -0.119. The Bertz CT molecular complexity index is 1050. The first-order valence-electron chi connectivity index (χ1n) is 9.48. The summed E-state index contributed by atoms with van der Waals surface area (Å²) in [6, 6.07) is 23.1. The van der Waals surface area contributed by atoms with Gasteiger partial charge in [0.15, 0.2) is 6.61 Å². The molecule has 6 nitrogen and oxygen atoms in total. The number of nitrogens with one attached hydrogen (secondary N) is 2. The topological polar surface area (TPSA) is 84.5 Å². The Balaban J connectivity index is 1.59. The van der Waals surface area contributed by atoms with Crippen molar-refractivity contribution in [3.63, 3.8) is 0 Å². The smallest absolute Gasteiger partial charge is 0.340 e. The average Bonchev–Trinajstić information content (AvgIpc) is 2.75. The van der Waals surface area contributed by atoms with Gasteiger partial charge in [-0.25, -0.2) is 4.79 Å². The maximum absolute atomic E-state index is 12.5. The van der Waals surface area contributed by atoms with Gasteiger partial charge in [0.1, 0.15) is 0 Å². The van der Waals surface area contributed by atoms with Gasteiger partial charge < -0.3 is 15.4 Å². The summed E-state index contributed by atoms with van der Waals surface area (Å²) in [6.45, 7) is 1.44. The van der Waals surface area contributed by atoms with E-state index in [0.29, 0.717) is 11.4 Å². The third-order valence-corrected chi connectivity index (χ3v) is 4.38. The predicted molar refractivity (Wildman–Crippen MR) is 115 cm³/mol. The van der Waals surface area contributed by atoms with Crippen molar-refractivity contribution in [2.24, 2.45) is 0 Å².